The van der Waals surface area contributed by atoms with Crippen LogP contribution in [0.4, 0.5) is 5.82 Å². The van der Waals surface area contributed by atoms with Crippen LogP contribution in [0.3, 0.4) is 0 Å². The molecule has 0 atom stereocenters. The zero-order valence-electron chi connectivity index (χ0n) is 13.6. The van der Waals surface area contributed by atoms with Crippen molar-refractivity contribution < 1.29 is 8.42 Å². The Bertz CT molecular complexity index is 782. The van der Waals surface area contributed by atoms with E-state index in [0.717, 1.165) is 32.0 Å². The molecule has 7 nitrogen and oxygen atoms in total. The highest BCUT2D eigenvalue weighted by Gasteiger charge is 2.20. The molecule has 2 aromatic heterocycles. The van der Waals surface area contributed by atoms with Crippen LogP contribution in [0.5, 0.6) is 0 Å². The molecule has 0 amide bonds. The van der Waals surface area contributed by atoms with E-state index in [-0.39, 0.29) is 16.3 Å². The fourth-order valence-corrected chi connectivity index (χ4v) is 3.73. The first kappa shape index (κ1) is 16.8. The van der Waals surface area contributed by atoms with Crippen molar-refractivity contribution >= 4 is 15.7 Å². The van der Waals surface area contributed by atoms with Crippen molar-refractivity contribution in [2.75, 3.05) is 38.1 Å². The summed E-state index contributed by atoms with van der Waals surface area (Å²) in [5.41, 5.74) is 6.14. The smallest absolute Gasteiger partial charge is 0.209 e. The van der Waals surface area contributed by atoms with E-state index < -0.39 is 9.84 Å². The van der Waals surface area contributed by atoms with Crippen LogP contribution >= 0.6 is 0 Å². The fourth-order valence-electron chi connectivity index (χ4n) is 2.58. The van der Waals surface area contributed by atoms with Crippen LogP contribution in [-0.4, -0.2) is 56.5 Å². The van der Waals surface area contributed by atoms with Crippen molar-refractivity contribution in [3.05, 3.63) is 42.4 Å². The van der Waals surface area contributed by atoms with Crippen LogP contribution in [0.25, 0.3) is 0 Å². The Morgan fingerprint density at radius 3 is 2.12 bits per heavy atom. The number of sulfone groups is 1. The van der Waals surface area contributed by atoms with Gasteiger partial charge in [0.05, 0.1) is 15.5 Å². The molecule has 8 heteroatoms. The Morgan fingerprint density at radius 1 is 1.00 bits per heavy atom. The van der Waals surface area contributed by atoms with Gasteiger partial charge in [-0.1, -0.05) is 0 Å². The van der Waals surface area contributed by atoms with E-state index in [4.69, 9.17) is 5.73 Å². The van der Waals surface area contributed by atoms with Gasteiger partial charge in [-0.25, -0.2) is 13.4 Å². The summed E-state index contributed by atoms with van der Waals surface area (Å²) in [7, 11) is -1.53. The normalized spacial score (nSPS) is 16.3. The quantitative estimate of drug-likeness (QED) is 0.862. The predicted molar refractivity (Wildman–Crippen MR) is 91.5 cm³/mol. The third kappa shape index (κ3) is 3.40. The molecule has 0 saturated carbocycles. The molecule has 0 aliphatic carbocycles. The first-order valence-corrected chi connectivity index (χ1v) is 9.28. The van der Waals surface area contributed by atoms with E-state index in [1.807, 2.05) is 0 Å². The molecular formula is C16H21N5O2S. The number of hydrogen-bond acceptors (Lipinski definition) is 7. The van der Waals surface area contributed by atoms with Crippen molar-refractivity contribution in [3.63, 3.8) is 0 Å². The van der Waals surface area contributed by atoms with Crippen molar-refractivity contribution in [3.8, 4) is 0 Å². The van der Waals surface area contributed by atoms with Crippen LogP contribution in [-0.2, 0) is 16.4 Å². The molecule has 3 rings (SSSR count). The molecule has 1 aliphatic heterocycles. The number of rotatable bonds is 4. The lowest BCUT2D eigenvalue weighted by molar-refractivity contribution is 0.312. The van der Waals surface area contributed by atoms with Gasteiger partial charge in [0.2, 0.25) is 9.84 Å². The highest BCUT2D eigenvalue weighted by molar-refractivity contribution is 7.91. The molecule has 24 heavy (non-hydrogen) atoms. The number of anilines is 1. The van der Waals surface area contributed by atoms with E-state index in [2.05, 4.69) is 26.8 Å². The Morgan fingerprint density at radius 2 is 1.62 bits per heavy atom. The Labute approximate surface area is 142 Å². The zero-order valence-corrected chi connectivity index (χ0v) is 14.4. The number of piperazine rings is 1. The number of nitrogens with zero attached hydrogens (tertiary/aromatic N) is 4. The van der Waals surface area contributed by atoms with Crippen molar-refractivity contribution in [2.45, 2.75) is 16.3 Å². The second kappa shape index (κ2) is 6.84. The van der Waals surface area contributed by atoms with Crippen molar-refractivity contribution in [1.29, 1.82) is 0 Å². The van der Waals surface area contributed by atoms with Gasteiger partial charge in [-0.2, -0.15) is 0 Å². The minimum absolute atomic E-state index is 0.147. The Hall–Kier alpha value is -2.03. The second-order valence-electron chi connectivity index (χ2n) is 5.84. The van der Waals surface area contributed by atoms with Crippen molar-refractivity contribution in [1.82, 2.24) is 14.9 Å². The standard InChI is InChI=1S/C16H21N5O2S/c1-20-6-8-21(9-7-20)16-5-4-15(12-19-16)24(22,23)14-3-2-13(10-17)18-11-14/h2-5,11-12H,6-10,17H2,1H3. The molecule has 2 aromatic rings. The van der Waals surface area contributed by atoms with Crippen LogP contribution in [0.2, 0.25) is 0 Å². The van der Waals surface area contributed by atoms with Gasteiger partial charge >= 0.3 is 0 Å². The average molecular weight is 347 g/mol. The summed E-state index contributed by atoms with van der Waals surface area (Å²) in [4.78, 5) is 13.1. The Kier molecular flexibility index (Phi) is 4.79. The molecule has 0 radical (unpaired) electrons. The summed E-state index contributed by atoms with van der Waals surface area (Å²) in [5.74, 6) is 0.804. The van der Waals surface area contributed by atoms with Crippen molar-refractivity contribution in [2.24, 2.45) is 5.73 Å². The highest BCUT2D eigenvalue weighted by atomic mass is 32.2. The van der Waals surface area contributed by atoms with Gasteiger partial charge in [-0.05, 0) is 31.3 Å². The Balaban J connectivity index is 1.81. The molecule has 0 bridgehead atoms. The molecule has 0 aromatic carbocycles. The fraction of sp³-hybridized carbons (Fsp3) is 0.375. The first-order valence-electron chi connectivity index (χ1n) is 7.80. The van der Waals surface area contributed by atoms with Crippen LogP contribution in [0.15, 0.2) is 46.5 Å². The minimum atomic E-state index is -3.61. The number of nitrogens with two attached hydrogens (primary N) is 1. The number of aromatic nitrogens is 2. The molecular weight excluding hydrogens is 326 g/mol. The third-order valence-electron chi connectivity index (χ3n) is 4.18. The van der Waals surface area contributed by atoms with Gasteiger partial charge in [-0.3, -0.25) is 4.98 Å². The van der Waals surface area contributed by atoms with E-state index in [9.17, 15) is 8.42 Å². The summed E-state index contributed by atoms with van der Waals surface area (Å²) in [5, 5.41) is 0. The zero-order chi connectivity index (χ0) is 17.2. The molecule has 1 aliphatic rings. The maximum absolute atomic E-state index is 12.6. The number of likely N-dealkylation sites (N-methyl/N-ethyl adjacent to an activating group) is 1. The first-order chi connectivity index (χ1) is 11.5. The molecule has 2 N–H and O–H groups in total. The lowest BCUT2D eigenvalue weighted by atomic mass is 10.3. The number of hydrogen-bond donors (Lipinski definition) is 1. The van der Waals surface area contributed by atoms with Gasteiger partial charge in [0.1, 0.15) is 5.82 Å². The monoisotopic (exact) mass is 347 g/mol. The molecule has 3 heterocycles. The molecule has 0 unspecified atom stereocenters. The third-order valence-corrected chi connectivity index (χ3v) is 5.90. The van der Waals surface area contributed by atoms with Gasteiger partial charge in [-0.15, -0.1) is 0 Å². The summed E-state index contributed by atoms with van der Waals surface area (Å²) in [6.07, 6.45) is 2.76. The van der Waals surface area contributed by atoms with Gasteiger partial charge in [0, 0.05) is 45.1 Å². The van der Waals surface area contributed by atoms with Gasteiger partial charge < -0.3 is 15.5 Å². The molecule has 128 valence electrons. The van der Waals surface area contributed by atoms with Crippen LogP contribution in [0, 0.1) is 0 Å². The summed E-state index contributed by atoms with van der Waals surface area (Å²) < 4.78 is 25.3. The van der Waals surface area contributed by atoms with Crippen LogP contribution < -0.4 is 10.6 Å². The van der Waals surface area contributed by atoms with E-state index >= 15 is 0 Å². The highest BCUT2D eigenvalue weighted by Crippen LogP contribution is 2.22. The minimum Gasteiger partial charge on any atom is -0.354 e. The summed E-state index contributed by atoms with van der Waals surface area (Å²) in [6, 6.07) is 6.52. The van der Waals surface area contributed by atoms with E-state index in [1.54, 1.807) is 18.2 Å². The SMILES string of the molecule is CN1CCN(c2ccc(S(=O)(=O)c3ccc(CN)nc3)cn2)CC1. The van der Waals surface area contributed by atoms with E-state index in [1.165, 1.54) is 18.5 Å². The molecule has 1 fully saturated rings. The van der Waals surface area contributed by atoms with Crippen LogP contribution in [0.1, 0.15) is 5.69 Å². The maximum atomic E-state index is 12.6. The largest absolute Gasteiger partial charge is 0.354 e. The second-order valence-corrected chi connectivity index (χ2v) is 7.78. The van der Waals surface area contributed by atoms with Gasteiger partial charge in [0.25, 0.3) is 0 Å². The molecule has 1 saturated heterocycles. The average Bonchev–Trinajstić information content (AvgIpc) is 2.62. The lowest BCUT2D eigenvalue weighted by Crippen LogP contribution is -2.44. The predicted octanol–water partition coefficient (Wildman–Crippen LogP) is 0.520. The summed E-state index contributed by atoms with van der Waals surface area (Å²) >= 11 is 0. The topological polar surface area (TPSA) is 92.4 Å². The maximum Gasteiger partial charge on any atom is 0.209 e. The van der Waals surface area contributed by atoms with E-state index in [0.29, 0.717) is 5.69 Å². The lowest BCUT2D eigenvalue weighted by Gasteiger charge is -2.33. The number of pyridine rings is 2. The van der Waals surface area contributed by atoms with Gasteiger partial charge in [0.15, 0.2) is 0 Å². The summed E-state index contributed by atoms with van der Waals surface area (Å²) in [6.45, 7) is 4.00. The molecule has 0 spiro atoms.